The van der Waals surface area contributed by atoms with Crippen LogP contribution in [-0.4, -0.2) is 23.8 Å². The Bertz CT molecular complexity index is 399. The third-order valence-electron chi connectivity index (χ3n) is 3.00. The van der Waals surface area contributed by atoms with Gasteiger partial charge in [-0.25, -0.2) is 4.79 Å². The zero-order valence-corrected chi connectivity index (χ0v) is 11.4. The van der Waals surface area contributed by atoms with E-state index in [1.807, 2.05) is 26.0 Å². The first-order valence-electron chi connectivity index (χ1n) is 6.45. The maximum atomic E-state index is 11.2. The maximum Gasteiger partial charge on any atom is 0.333 e. The van der Waals surface area contributed by atoms with Crippen LogP contribution in [0.2, 0.25) is 0 Å². The molecule has 0 heterocycles. The summed E-state index contributed by atoms with van der Waals surface area (Å²) < 4.78 is 5.43. The lowest BCUT2D eigenvalue weighted by molar-refractivity contribution is -0.150. The number of carbonyl (C=O) groups is 1. The van der Waals surface area contributed by atoms with Gasteiger partial charge in [0.25, 0.3) is 0 Å². The highest BCUT2D eigenvalue weighted by atomic mass is 16.5. The first-order chi connectivity index (χ1) is 8.54. The highest BCUT2D eigenvalue weighted by Gasteiger charge is 2.19. The summed E-state index contributed by atoms with van der Waals surface area (Å²) in [6, 6.07) is 6.07. The van der Waals surface area contributed by atoms with Gasteiger partial charge in [-0.15, -0.1) is 0 Å². The molecule has 0 aliphatic rings. The number of hydrogen-bond donors (Lipinski definition) is 1. The Morgan fingerprint density at radius 3 is 2.67 bits per heavy atom. The molecule has 3 nitrogen and oxygen atoms in total. The van der Waals surface area contributed by atoms with Crippen molar-refractivity contribution in [3.8, 4) is 0 Å². The Morgan fingerprint density at radius 1 is 1.39 bits per heavy atom. The van der Waals surface area contributed by atoms with Crippen molar-refractivity contribution in [1.29, 1.82) is 0 Å². The minimum absolute atomic E-state index is 0.436. The van der Waals surface area contributed by atoms with E-state index in [-0.39, 0.29) is 0 Å². The number of aliphatic carboxylic acids is 1. The minimum atomic E-state index is -0.883. The summed E-state index contributed by atoms with van der Waals surface area (Å²) in [4.78, 5) is 11.2. The van der Waals surface area contributed by atoms with Gasteiger partial charge in [0.2, 0.25) is 0 Å². The molecule has 0 aliphatic heterocycles. The molecule has 1 N–H and O–H groups in total. The Hall–Kier alpha value is -1.35. The standard InChI is InChI=1S/C15H22O3/c1-4-5-8-18-14(15(16)17)10-13-7-6-11(2)9-12(13)3/h6-7,9,14H,4-5,8,10H2,1-3H3,(H,16,17)/t14-/m0/s1. The summed E-state index contributed by atoms with van der Waals surface area (Å²) in [6.45, 7) is 6.61. The van der Waals surface area contributed by atoms with Gasteiger partial charge in [0.1, 0.15) is 0 Å². The topological polar surface area (TPSA) is 46.5 Å². The Kier molecular flexibility index (Phi) is 5.86. The summed E-state index contributed by atoms with van der Waals surface area (Å²) in [5.74, 6) is -0.883. The third-order valence-corrected chi connectivity index (χ3v) is 3.00. The van der Waals surface area contributed by atoms with Crippen LogP contribution in [0.4, 0.5) is 0 Å². The highest BCUT2D eigenvalue weighted by molar-refractivity contribution is 5.72. The van der Waals surface area contributed by atoms with Crippen LogP contribution in [0, 0.1) is 13.8 Å². The van der Waals surface area contributed by atoms with Crippen molar-refractivity contribution in [1.82, 2.24) is 0 Å². The second-order valence-corrected chi connectivity index (χ2v) is 4.69. The van der Waals surface area contributed by atoms with E-state index in [1.54, 1.807) is 0 Å². The number of benzene rings is 1. The Balaban J connectivity index is 2.67. The van der Waals surface area contributed by atoms with Crippen LogP contribution < -0.4 is 0 Å². The SMILES string of the molecule is CCCCO[C@@H](Cc1ccc(C)cc1C)C(=O)O. The van der Waals surface area contributed by atoms with Gasteiger partial charge in [0, 0.05) is 13.0 Å². The van der Waals surface area contributed by atoms with Gasteiger partial charge in [-0.1, -0.05) is 37.1 Å². The molecule has 1 rings (SSSR count). The van der Waals surface area contributed by atoms with Crippen molar-refractivity contribution in [2.45, 2.75) is 46.1 Å². The molecule has 0 radical (unpaired) electrons. The quantitative estimate of drug-likeness (QED) is 0.756. The summed E-state index contributed by atoms with van der Waals surface area (Å²) in [5.41, 5.74) is 3.36. The van der Waals surface area contributed by atoms with Crippen LogP contribution >= 0.6 is 0 Å². The molecular weight excluding hydrogens is 228 g/mol. The van der Waals surface area contributed by atoms with Gasteiger partial charge in [-0.2, -0.15) is 0 Å². The first-order valence-corrected chi connectivity index (χ1v) is 6.45. The molecule has 0 aliphatic carbocycles. The monoisotopic (exact) mass is 250 g/mol. The molecule has 18 heavy (non-hydrogen) atoms. The lowest BCUT2D eigenvalue weighted by Gasteiger charge is -2.15. The summed E-state index contributed by atoms with van der Waals surface area (Å²) in [7, 11) is 0. The largest absolute Gasteiger partial charge is 0.479 e. The number of aryl methyl sites for hydroxylation is 2. The summed E-state index contributed by atoms with van der Waals surface area (Å²) >= 11 is 0. The predicted molar refractivity (Wildman–Crippen MR) is 71.9 cm³/mol. The molecule has 0 unspecified atom stereocenters. The van der Waals surface area contributed by atoms with Crippen molar-refractivity contribution in [2.75, 3.05) is 6.61 Å². The van der Waals surface area contributed by atoms with Crippen LogP contribution in [0.15, 0.2) is 18.2 Å². The van der Waals surface area contributed by atoms with Gasteiger partial charge in [0.15, 0.2) is 6.10 Å². The Labute approximate surface area is 109 Å². The van der Waals surface area contributed by atoms with Crippen LogP contribution in [0.5, 0.6) is 0 Å². The molecule has 100 valence electrons. The first kappa shape index (κ1) is 14.7. The number of hydrogen-bond acceptors (Lipinski definition) is 2. The molecule has 1 aromatic carbocycles. The molecule has 0 saturated heterocycles. The maximum absolute atomic E-state index is 11.2. The lowest BCUT2D eigenvalue weighted by atomic mass is 10.0. The number of ether oxygens (including phenoxy) is 1. The van der Waals surface area contributed by atoms with E-state index in [2.05, 4.69) is 13.0 Å². The number of unbranched alkanes of at least 4 members (excludes halogenated alkanes) is 1. The Morgan fingerprint density at radius 2 is 2.11 bits per heavy atom. The highest BCUT2D eigenvalue weighted by Crippen LogP contribution is 2.14. The van der Waals surface area contributed by atoms with Gasteiger partial charge in [-0.3, -0.25) is 0 Å². The smallest absolute Gasteiger partial charge is 0.333 e. The van der Waals surface area contributed by atoms with Crippen LogP contribution in [0.3, 0.4) is 0 Å². The van der Waals surface area contributed by atoms with E-state index in [0.29, 0.717) is 13.0 Å². The van der Waals surface area contributed by atoms with Crippen LogP contribution in [0.25, 0.3) is 0 Å². The average Bonchev–Trinajstić information content (AvgIpc) is 2.30. The van der Waals surface area contributed by atoms with Crippen molar-refractivity contribution in [2.24, 2.45) is 0 Å². The molecule has 3 heteroatoms. The predicted octanol–water partition coefficient (Wildman–Crippen LogP) is 3.12. The van der Waals surface area contributed by atoms with E-state index in [9.17, 15) is 4.79 Å². The van der Waals surface area contributed by atoms with E-state index in [1.165, 1.54) is 5.56 Å². The molecule has 0 saturated carbocycles. The molecule has 0 aromatic heterocycles. The number of rotatable bonds is 7. The molecule has 0 spiro atoms. The van der Waals surface area contributed by atoms with Gasteiger partial charge in [0.05, 0.1) is 0 Å². The molecule has 1 atom stereocenters. The van der Waals surface area contributed by atoms with Crippen molar-refractivity contribution in [3.63, 3.8) is 0 Å². The van der Waals surface area contributed by atoms with Crippen molar-refractivity contribution >= 4 is 5.97 Å². The summed E-state index contributed by atoms with van der Waals surface area (Å²) in [5, 5.41) is 9.15. The van der Waals surface area contributed by atoms with E-state index in [0.717, 1.165) is 24.0 Å². The minimum Gasteiger partial charge on any atom is -0.479 e. The normalized spacial score (nSPS) is 12.4. The van der Waals surface area contributed by atoms with E-state index >= 15 is 0 Å². The molecule has 0 bridgehead atoms. The summed E-state index contributed by atoms with van der Waals surface area (Å²) in [6.07, 6.45) is 1.61. The second-order valence-electron chi connectivity index (χ2n) is 4.69. The molecule has 0 amide bonds. The van der Waals surface area contributed by atoms with Gasteiger partial charge < -0.3 is 9.84 Å². The molecule has 0 fully saturated rings. The van der Waals surface area contributed by atoms with E-state index < -0.39 is 12.1 Å². The number of carboxylic acids is 1. The zero-order chi connectivity index (χ0) is 13.5. The lowest BCUT2D eigenvalue weighted by Crippen LogP contribution is -2.27. The molecule has 1 aromatic rings. The number of carboxylic acid groups (broad SMARTS) is 1. The van der Waals surface area contributed by atoms with Crippen LogP contribution in [-0.2, 0) is 16.0 Å². The fourth-order valence-electron chi connectivity index (χ4n) is 1.86. The molecular formula is C15H22O3. The zero-order valence-electron chi connectivity index (χ0n) is 11.4. The van der Waals surface area contributed by atoms with Crippen molar-refractivity contribution < 1.29 is 14.6 Å². The van der Waals surface area contributed by atoms with Gasteiger partial charge in [-0.05, 0) is 31.4 Å². The van der Waals surface area contributed by atoms with Crippen LogP contribution in [0.1, 0.15) is 36.5 Å². The fourth-order valence-corrected chi connectivity index (χ4v) is 1.86. The van der Waals surface area contributed by atoms with E-state index in [4.69, 9.17) is 9.84 Å². The second kappa shape index (κ2) is 7.17. The fraction of sp³-hybridized carbons (Fsp3) is 0.533. The van der Waals surface area contributed by atoms with Gasteiger partial charge >= 0.3 is 5.97 Å². The average molecular weight is 250 g/mol. The van der Waals surface area contributed by atoms with Crippen molar-refractivity contribution in [3.05, 3.63) is 34.9 Å². The third kappa shape index (κ3) is 4.49.